The van der Waals surface area contributed by atoms with E-state index in [2.05, 4.69) is 21.3 Å². The molecular formula is C21H27N3O4S. The molecule has 7 nitrogen and oxygen atoms in total. The minimum atomic E-state index is -0.678. The maximum absolute atomic E-state index is 13.0. The first kappa shape index (κ1) is 21.3. The van der Waals surface area contributed by atoms with Gasteiger partial charge in [-0.2, -0.15) is 0 Å². The fourth-order valence-electron chi connectivity index (χ4n) is 3.79. The molecule has 1 aliphatic rings. The standard InChI is InChI=1S/C21H27N3O4S/c1-14-11-17(15(2)24(14)8-6-16-5-4-10-29-16)19(25)13-23-9-7-22-21(27)18(23)12-20(26)28-3/h4-5,10-11,18H,6-9,12-13H2,1-3H3,(H,22,27). The van der Waals surface area contributed by atoms with Gasteiger partial charge in [-0.15, -0.1) is 11.3 Å². The van der Waals surface area contributed by atoms with E-state index < -0.39 is 12.0 Å². The molecule has 1 atom stereocenters. The number of esters is 1. The Morgan fingerprint density at radius 3 is 2.83 bits per heavy atom. The van der Waals surface area contributed by atoms with Crippen molar-refractivity contribution in [1.29, 1.82) is 0 Å². The molecule has 0 aliphatic carbocycles. The average Bonchev–Trinajstić information content (AvgIpc) is 3.31. The number of aryl methyl sites for hydroxylation is 2. The normalized spacial score (nSPS) is 17.2. The zero-order chi connectivity index (χ0) is 21.0. The summed E-state index contributed by atoms with van der Waals surface area (Å²) in [6.45, 7) is 5.88. The largest absolute Gasteiger partial charge is 0.469 e. The quantitative estimate of drug-likeness (QED) is 0.525. The number of hydrogen-bond donors (Lipinski definition) is 1. The Morgan fingerprint density at radius 2 is 2.14 bits per heavy atom. The average molecular weight is 418 g/mol. The zero-order valence-corrected chi connectivity index (χ0v) is 17.9. The molecule has 0 saturated carbocycles. The molecule has 0 radical (unpaired) electrons. The first-order chi connectivity index (χ1) is 13.9. The highest BCUT2D eigenvalue weighted by Crippen LogP contribution is 2.19. The number of ether oxygens (including phenoxy) is 1. The first-order valence-electron chi connectivity index (χ1n) is 9.71. The van der Waals surface area contributed by atoms with E-state index in [0.717, 1.165) is 24.4 Å². The highest BCUT2D eigenvalue weighted by Gasteiger charge is 2.33. The van der Waals surface area contributed by atoms with Crippen molar-refractivity contribution in [2.24, 2.45) is 0 Å². The molecule has 1 amide bonds. The summed E-state index contributed by atoms with van der Waals surface area (Å²) in [5.41, 5.74) is 2.66. The number of amides is 1. The second-order valence-corrected chi connectivity index (χ2v) is 8.28. The summed E-state index contributed by atoms with van der Waals surface area (Å²) in [5, 5.41) is 4.83. The number of methoxy groups -OCH3 is 1. The zero-order valence-electron chi connectivity index (χ0n) is 17.1. The summed E-state index contributed by atoms with van der Waals surface area (Å²) in [7, 11) is 1.30. The van der Waals surface area contributed by atoms with Crippen LogP contribution in [0.15, 0.2) is 23.6 Å². The summed E-state index contributed by atoms with van der Waals surface area (Å²) < 4.78 is 6.87. The molecule has 0 bridgehead atoms. The van der Waals surface area contributed by atoms with E-state index >= 15 is 0 Å². The minimum absolute atomic E-state index is 0.0370. The van der Waals surface area contributed by atoms with Crippen LogP contribution < -0.4 is 5.32 Å². The Kier molecular flexibility index (Phi) is 6.87. The fourth-order valence-corrected chi connectivity index (χ4v) is 4.49. The van der Waals surface area contributed by atoms with Gasteiger partial charge in [0, 0.05) is 41.5 Å². The molecule has 29 heavy (non-hydrogen) atoms. The topological polar surface area (TPSA) is 80.6 Å². The maximum Gasteiger partial charge on any atom is 0.307 e. The summed E-state index contributed by atoms with van der Waals surface area (Å²) in [4.78, 5) is 40.0. The lowest BCUT2D eigenvalue weighted by atomic mass is 10.1. The van der Waals surface area contributed by atoms with Crippen molar-refractivity contribution in [1.82, 2.24) is 14.8 Å². The molecule has 0 spiro atoms. The van der Waals surface area contributed by atoms with Crippen LogP contribution in [-0.4, -0.2) is 59.9 Å². The van der Waals surface area contributed by atoms with Crippen molar-refractivity contribution < 1.29 is 19.1 Å². The lowest BCUT2D eigenvalue weighted by Gasteiger charge is -2.33. The van der Waals surface area contributed by atoms with Gasteiger partial charge < -0.3 is 14.6 Å². The van der Waals surface area contributed by atoms with E-state index in [1.165, 1.54) is 12.0 Å². The fraction of sp³-hybridized carbons (Fsp3) is 0.476. The van der Waals surface area contributed by atoms with Crippen LogP contribution in [0.4, 0.5) is 0 Å². The molecule has 1 N–H and O–H groups in total. The summed E-state index contributed by atoms with van der Waals surface area (Å²) in [6, 6.07) is 5.41. The number of nitrogens with zero attached hydrogens (tertiary/aromatic N) is 2. The number of ketones is 1. The summed E-state index contributed by atoms with van der Waals surface area (Å²) in [5.74, 6) is -0.739. The third kappa shape index (κ3) is 4.94. The van der Waals surface area contributed by atoms with Crippen molar-refractivity contribution in [2.45, 2.75) is 39.3 Å². The van der Waals surface area contributed by atoms with E-state index in [1.54, 1.807) is 16.2 Å². The Bertz CT molecular complexity index is 888. The van der Waals surface area contributed by atoms with Crippen LogP contribution in [0.3, 0.4) is 0 Å². The number of piperazine rings is 1. The lowest BCUT2D eigenvalue weighted by Crippen LogP contribution is -2.57. The Labute approximate surface area is 174 Å². The van der Waals surface area contributed by atoms with Gasteiger partial charge in [0.1, 0.15) is 6.04 Å². The minimum Gasteiger partial charge on any atom is -0.469 e. The number of Topliss-reactive ketones (excluding diaryl/α,β-unsaturated/α-hetero) is 1. The number of thiophene rings is 1. The number of aromatic nitrogens is 1. The van der Waals surface area contributed by atoms with Crippen LogP contribution >= 0.6 is 11.3 Å². The maximum atomic E-state index is 13.0. The van der Waals surface area contributed by atoms with Gasteiger partial charge in [-0.3, -0.25) is 19.3 Å². The predicted octanol–water partition coefficient (Wildman–Crippen LogP) is 1.96. The van der Waals surface area contributed by atoms with Gasteiger partial charge in [0.05, 0.1) is 20.1 Å². The smallest absolute Gasteiger partial charge is 0.307 e. The van der Waals surface area contributed by atoms with Crippen LogP contribution in [0.25, 0.3) is 0 Å². The van der Waals surface area contributed by atoms with Crippen molar-refractivity contribution >= 4 is 29.0 Å². The molecule has 2 aromatic heterocycles. The van der Waals surface area contributed by atoms with E-state index in [0.29, 0.717) is 18.7 Å². The second-order valence-electron chi connectivity index (χ2n) is 7.25. The molecule has 1 saturated heterocycles. The molecule has 1 unspecified atom stereocenters. The van der Waals surface area contributed by atoms with Crippen LogP contribution in [0.2, 0.25) is 0 Å². The molecule has 1 aliphatic heterocycles. The molecule has 156 valence electrons. The van der Waals surface area contributed by atoms with Gasteiger partial charge in [-0.05, 0) is 37.8 Å². The van der Waals surface area contributed by atoms with Crippen LogP contribution in [0.5, 0.6) is 0 Å². The van der Waals surface area contributed by atoms with Gasteiger partial charge >= 0.3 is 5.97 Å². The Morgan fingerprint density at radius 1 is 1.34 bits per heavy atom. The van der Waals surface area contributed by atoms with Gasteiger partial charge in [-0.1, -0.05) is 6.07 Å². The van der Waals surface area contributed by atoms with Gasteiger partial charge in [0.15, 0.2) is 5.78 Å². The molecular weight excluding hydrogens is 390 g/mol. The van der Waals surface area contributed by atoms with Gasteiger partial charge in [0.2, 0.25) is 5.91 Å². The number of carbonyl (C=O) groups is 3. The third-order valence-electron chi connectivity index (χ3n) is 5.41. The van der Waals surface area contributed by atoms with Crippen molar-refractivity contribution in [3.05, 3.63) is 45.4 Å². The van der Waals surface area contributed by atoms with Crippen molar-refractivity contribution in [3.63, 3.8) is 0 Å². The molecule has 0 aromatic carbocycles. The van der Waals surface area contributed by atoms with Crippen molar-refractivity contribution in [3.8, 4) is 0 Å². The summed E-state index contributed by atoms with van der Waals surface area (Å²) in [6.07, 6.45) is 0.866. The van der Waals surface area contributed by atoms with Gasteiger partial charge in [-0.25, -0.2) is 0 Å². The van der Waals surface area contributed by atoms with E-state index in [-0.39, 0.29) is 24.7 Å². The van der Waals surface area contributed by atoms with Crippen LogP contribution in [0.1, 0.15) is 33.0 Å². The van der Waals surface area contributed by atoms with Crippen molar-refractivity contribution in [2.75, 3.05) is 26.7 Å². The number of rotatable bonds is 8. The molecule has 8 heteroatoms. The third-order valence-corrected chi connectivity index (χ3v) is 6.35. The van der Waals surface area contributed by atoms with Crippen LogP contribution in [-0.2, 0) is 27.3 Å². The lowest BCUT2D eigenvalue weighted by molar-refractivity contribution is -0.145. The Balaban J connectivity index is 1.71. The second kappa shape index (κ2) is 9.37. The van der Waals surface area contributed by atoms with Gasteiger partial charge in [0.25, 0.3) is 0 Å². The number of carbonyl (C=O) groups excluding carboxylic acids is 3. The van der Waals surface area contributed by atoms with Crippen LogP contribution in [0, 0.1) is 13.8 Å². The van der Waals surface area contributed by atoms with E-state index in [1.807, 2.05) is 26.0 Å². The first-order valence-corrected chi connectivity index (χ1v) is 10.6. The number of hydrogen-bond acceptors (Lipinski definition) is 6. The molecule has 3 rings (SSSR count). The van der Waals surface area contributed by atoms with E-state index in [4.69, 9.17) is 4.74 Å². The molecule has 3 heterocycles. The highest BCUT2D eigenvalue weighted by atomic mass is 32.1. The monoisotopic (exact) mass is 417 g/mol. The van der Waals surface area contributed by atoms with E-state index in [9.17, 15) is 14.4 Å². The number of nitrogens with one attached hydrogen (secondary N) is 1. The highest BCUT2D eigenvalue weighted by molar-refractivity contribution is 7.09. The molecule has 1 fully saturated rings. The predicted molar refractivity (Wildman–Crippen MR) is 111 cm³/mol. The SMILES string of the molecule is COC(=O)CC1C(=O)NCCN1CC(=O)c1cc(C)n(CCc2cccs2)c1C. The Hall–Kier alpha value is -2.45. The molecule has 2 aromatic rings. The summed E-state index contributed by atoms with van der Waals surface area (Å²) >= 11 is 1.73.